The molecule has 1 aromatic heterocycles. The molecule has 0 saturated carbocycles. The molecular weight excluding hydrogens is 258 g/mol. The van der Waals surface area contributed by atoms with Crippen LogP contribution in [0, 0.1) is 0 Å². The summed E-state index contributed by atoms with van der Waals surface area (Å²) in [4.78, 5) is 32.5. The van der Waals surface area contributed by atoms with E-state index >= 15 is 0 Å². The molecule has 3 amide bonds. The van der Waals surface area contributed by atoms with E-state index in [1.807, 2.05) is 0 Å². The highest BCUT2D eigenvalue weighted by molar-refractivity contribution is 6.17. The summed E-state index contributed by atoms with van der Waals surface area (Å²) >= 11 is 0. The molecule has 20 heavy (non-hydrogen) atoms. The Hall–Kier alpha value is -2.96. The lowest BCUT2D eigenvalue weighted by Crippen LogP contribution is -2.38. The molecule has 1 heterocycles. The normalized spacial score (nSPS) is 9.85. The first kappa shape index (κ1) is 13.5. The molecule has 1 aromatic carbocycles. The van der Waals surface area contributed by atoms with E-state index < -0.39 is 11.9 Å². The van der Waals surface area contributed by atoms with Crippen LogP contribution in [0.5, 0.6) is 0 Å². The number of rotatable bonds is 2. The molecule has 3 N–H and O–H groups in total. The molecule has 0 fully saturated rings. The number of imide groups is 1. The van der Waals surface area contributed by atoms with Gasteiger partial charge >= 0.3 is 6.03 Å². The zero-order valence-electron chi connectivity index (χ0n) is 10.8. The van der Waals surface area contributed by atoms with Crippen molar-refractivity contribution in [3.8, 4) is 0 Å². The SMILES string of the molecule is CC(=O)N(C(=O)Nc1cnccn1)c1ccc(N)cc1. The van der Waals surface area contributed by atoms with Crippen molar-refractivity contribution >= 4 is 29.1 Å². The highest BCUT2D eigenvalue weighted by Crippen LogP contribution is 2.17. The van der Waals surface area contributed by atoms with Crippen molar-refractivity contribution in [3.05, 3.63) is 42.9 Å². The Morgan fingerprint density at radius 2 is 1.90 bits per heavy atom. The lowest BCUT2D eigenvalue weighted by Gasteiger charge is -2.19. The van der Waals surface area contributed by atoms with Crippen LogP contribution in [0.4, 0.5) is 22.0 Å². The van der Waals surface area contributed by atoms with E-state index in [0.29, 0.717) is 11.4 Å². The molecule has 0 bridgehead atoms. The van der Waals surface area contributed by atoms with Crippen LogP contribution in [0.3, 0.4) is 0 Å². The molecule has 2 rings (SSSR count). The zero-order valence-corrected chi connectivity index (χ0v) is 10.8. The third-order valence-electron chi connectivity index (χ3n) is 2.47. The first-order valence-electron chi connectivity index (χ1n) is 5.81. The maximum Gasteiger partial charge on any atom is 0.334 e. The topological polar surface area (TPSA) is 101 Å². The zero-order chi connectivity index (χ0) is 14.5. The average molecular weight is 271 g/mol. The van der Waals surface area contributed by atoms with Gasteiger partial charge in [-0.25, -0.2) is 14.7 Å². The Morgan fingerprint density at radius 1 is 1.20 bits per heavy atom. The van der Waals surface area contributed by atoms with Crippen LogP contribution in [0.25, 0.3) is 0 Å². The number of nitrogens with zero attached hydrogens (tertiary/aromatic N) is 3. The van der Waals surface area contributed by atoms with Crippen LogP contribution < -0.4 is 16.0 Å². The molecule has 102 valence electrons. The van der Waals surface area contributed by atoms with Crippen molar-refractivity contribution in [1.82, 2.24) is 9.97 Å². The predicted octanol–water partition coefficient (Wildman–Crippen LogP) is 1.64. The van der Waals surface area contributed by atoms with E-state index in [1.54, 1.807) is 24.3 Å². The first-order chi connectivity index (χ1) is 9.58. The number of nitrogens with one attached hydrogen (secondary N) is 1. The number of carbonyl (C=O) groups is 2. The van der Waals surface area contributed by atoms with E-state index in [2.05, 4.69) is 15.3 Å². The summed E-state index contributed by atoms with van der Waals surface area (Å²) in [5.74, 6) is -0.157. The second-order valence-corrected chi connectivity index (χ2v) is 3.97. The van der Waals surface area contributed by atoms with Crippen molar-refractivity contribution in [2.75, 3.05) is 16.0 Å². The van der Waals surface area contributed by atoms with Crippen LogP contribution in [0.2, 0.25) is 0 Å². The maximum atomic E-state index is 12.1. The van der Waals surface area contributed by atoms with Crippen molar-refractivity contribution < 1.29 is 9.59 Å². The van der Waals surface area contributed by atoms with Gasteiger partial charge in [0, 0.05) is 25.0 Å². The van der Waals surface area contributed by atoms with Crippen molar-refractivity contribution in [2.45, 2.75) is 6.92 Å². The number of carbonyl (C=O) groups excluding carboxylic acids is 2. The number of aromatic nitrogens is 2. The summed E-state index contributed by atoms with van der Waals surface area (Å²) in [5.41, 5.74) is 6.55. The molecule has 0 aliphatic heterocycles. The molecule has 0 unspecified atom stereocenters. The third-order valence-corrected chi connectivity index (χ3v) is 2.47. The average Bonchev–Trinajstić information content (AvgIpc) is 2.42. The third kappa shape index (κ3) is 3.08. The molecule has 2 aromatic rings. The fourth-order valence-electron chi connectivity index (χ4n) is 1.59. The van der Waals surface area contributed by atoms with Gasteiger partial charge in [0.15, 0.2) is 5.82 Å². The minimum atomic E-state index is -0.609. The van der Waals surface area contributed by atoms with Gasteiger partial charge in [0.2, 0.25) is 5.91 Å². The number of amides is 3. The summed E-state index contributed by atoms with van der Waals surface area (Å²) in [7, 11) is 0. The molecule has 0 spiro atoms. The molecule has 0 atom stereocenters. The van der Waals surface area contributed by atoms with Crippen LogP contribution in [-0.4, -0.2) is 21.9 Å². The molecular formula is C13H13N5O2. The van der Waals surface area contributed by atoms with Crippen LogP contribution in [-0.2, 0) is 4.79 Å². The lowest BCUT2D eigenvalue weighted by atomic mass is 10.2. The number of urea groups is 1. The Morgan fingerprint density at radius 3 is 2.45 bits per heavy atom. The van der Waals surface area contributed by atoms with E-state index in [1.165, 1.54) is 25.5 Å². The number of benzene rings is 1. The Bertz CT molecular complexity index is 612. The fraction of sp³-hybridized carbons (Fsp3) is 0.0769. The summed E-state index contributed by atoms with van der Waals surface area (Å²) in [6.07, 6.45) is 4.31. The van der Waals surface area contributed by atoms with Crippen LogP contribution in [0.1, 0.15) is 6.92 Å². The van der Waals surface area contributed by atoms with Crippen LogP contribution >= 0.6 is 0 Å². The number of hydrogen-bond donors (Lipinski definition) is 2. The number of nitrogens with two attached hydrogens (primary N) is 1. The van der Waals surface area contributed by atoms with E-state index in [9.17, 15) is 9.59 Å². The number of hydrogen-bond acceptors (Lipinski definition) is 5. The quantitative estimate of drug-likeness (QED) is 0.808. The van der Waals surface area contributed by atoms with Gasteiger partial charge in [-0.1, -0.05) is 0 Å². The van der Waals surface area contributed by atoms with E-state index in [4.69, 9.17) is 5.73 Å². The Kier molecular flexibility index (Phi) is 3.90. The lowest BCUT2D eigenvalue weighted by molar-refractivity contribution is -0.115. The molecule has 0 aliphatic rings. The van der Waals surface area contributed by atoms with Crippen molar-refractivity contribution in [2.24, 2.45) is 0 Å². The van der Waals surface area contributed by atoms with Gasteiger partial charge in [-0.3, -0.25) is 15.1 Å². The van der Waals surface area contributed by atoms with Gasteiger partial charge in [0.25, 0.3) is 0 Å². The first-order valence-corrected chi connectivity index (χ1v) is 5.81. The van der Waals surface area contributed by atoms with E-state index in [-0.39, 0.29) is 5.82 Å². The minimum Gasteiger partial charge on any atom is -0.399 e. The number of nitrogen functional groups attached to an aromatic ring is 1. The fourth-order valence-corrected chi connectivity index (χ4v) is 1.59. The standard InChI is InChI=1S/C13H13N5O2/c1-9(19)18(11-4-2-10(14)3-5-11)13(20)17-12-8-15-6-7-16-12/h2-8H,14H2,1H3,(H,16,17,20). The Labute approximate surface area is 115 Å². The summed E-state index contributed by atoms with van der Waals surface area (Å²) in [6.45, 7) is 1.30. The summed E-state index contributed by atoms with van der Waals surface area (Å²) in [5, 5.41) is 2.50. The maximum absolute atomic E-state index is 12.1. The van der Waals surface area contributed by atoms with Gasteiger partial charge in [-0.2, -0.15) is 0 Å². The summed E-state index contributed by atoms with van der Waals surface area (Å²) < 4.78 is 0. The predicted molar refractivity (Wildman–Crippen MR) is 75.1 cm³/mol. The van der Waals surface area contributed by atoms with Crippen LogP contribution in [0.15, 0.2) is 42.9 Å². The number of anilines is 3. The monoisotopic (exact) mass is 271 g/mol. The van der Waals surface area contributed by atoms with Crippen molar-refractivity contribution in [3.63, 3.8) is 0 Å². The minimum absolute atomic E-state index is 0.263. The highest BCUT2D eigenvalue weighted by atomic mass is 16.2. The molecule has 0 radical (unpaired) electrons. The second kappa shape index (κ2) is 5.79. The van der Waals surface area contributed by atoms with Gasteiger partial charge in [0.05, 0.1) is 11.9 Å². The summed E-state index contributed by atoms with van der Waals surface area (Å²) in [6, 6.07) is 5.80. The smallest absolute Gasteiger partial charge is 0.334 e. The largest absolute Gasteiger partial charge is 0.399 e. The van der Waals surface area contributed by atoms with Crippen molar-refractivity contribution in [1.29, 1.82) is 0 Å². The molecule has 7 nitrogen and oxygen atoms in total. The second-order valence-electron chi connectivity index (χ2n) is 3.97. The molecule has 7 heteroatoms. The van der Waals surface area contributed by atoms with Gasteiger partial charge in [-0.15, -0.1) is 0 Å². The highest BCUT2D eigenvalue weighted by Gasteiger charge is 2.20. The Balaban J connectivity index is 2.23. The van der Waals surface area contributed by atoms with Gasteiger partial charge < -0.3 is 5.73 Å². The molecule has 0 aliphatic carbocycles. The van der Waals surface area contributed by atoms with Gasteiger partial charge in [-0.05, 0) is 24.3 Å². The van der Waals surface area contributed by atoms with Gasteiger partial charge in [0.1, 0.15) is 0 Å². The van der Waals surface area contributed by atoms with E-state index in [0.717, 1.165) is 4.90 Å². The molecule has 0 saturated heterocycles.